The molecule has 1 fully saturated rings. The molecule has 1 unspecified atom stereocenters. The number of carbonyl (C=O) groups excluding carboxylic acids is 2. The Morgan fingerprint density at radius 1 is 1.15 bits per heavy atom. The Kier molecular flexibility index (Phi) is 5.56. The molecule has 1 atom stereocenters. The zero-order valence-corrected chi connectivity index (χ0v) is 15.0. The van der Waals surface area contributed by atoms with Gasteiger partial charge in [0.2, 0.25) is 6.10 Å². The van der Waals surface area contributed by atoms with Gasteiger partial charge in [0, 0.05) is 12.1 Å². The van der Waals surface area contributed by atoms with Crippen molar-refractivity contribution in [2.75, 3.05) is 11.3 Å². The highest BCUT2D eigenvalue weighted by atomic mass is 32.2. The molecular weight excluding hydrogens is 370 g/mol. The van der Waals surface area contributed by atoms with Gasteiger partial charge in [0.25, 0.3) is 10.0 Å². The first-order valence-corrected chi connectivity index (χ1v) is 9.71. The lowest BCUT2D eigenvalue weighted by atomic mass is 10.2. The molecule has 1 N–H and O–H groups in total. The van der Waals surface area contributed by atoms with Crippen molar-refractivity contribution in [2.45, 2.75) is 12.5 Å². The predicted octanol–water partition coefficient (Wildman–Crippen LogP) is 2.57. The molecule has 0 saturated carbocycles. The Hall–Kier alpha value is -3.13. The maximum Gasteiger partial charge on any atom is 0.347 e. The van der Waals surface area contributed by atoms with E-state index in [-0.39, 0.29) is 17.9 Å². The van der Waals surface area contributed by atoms with E-state index in [2.05, 4.69) is 4.72 Å². The van der Waals surface area contributed by atoms with Crippen LogP contribution in [0.5, 0.6) is 0 Å². The van der Waals surface area contributed by atoms with Crippen molar-refractivity contribution < 1.29 is 27.5 Å². The highest BCUT2D eigenvalue weighted by molar-refractivity contribution is 7.95. The third-order valence-electron chi connectivity index (χ3n) is 3.73. The molecule has 0 aliphatic carbocycles. The number of nitrogens with one attached hydrogen (secondary N) is 1. The van der Waals surface area contributed by atoms with Crippen LogP contribution in [0.1, 0.15) is 22.3 Å². The van der Waals surface area contributed by atoms with Gasteiger partial charge >= 0.3 is 11.9 Å². The summed E-state index contributed by atoms with van der Waals surface area (Å²) in [5.74, 6) is -1.30. The van der Waals surface area contributed by atoms with Crippen LogP contribution in [0.15, 0.2) is 60.0 Å². The molecule has 27 heavy (non-hydrogen) atoms. The quantitative estimate of drug-likeness (QED) is 0.765. The minimum absolute atomic E-state index is 0.127. The van der Waals surface area contributed by atoms with E-state index in [0.29, 0.717) is 6.42 Å². The van der Waals surface area contributed by atoms with Crippen molar-refractivity contribution >= 4 is 33.7 Å². The van der Waals surface area contributed by atoms with E-state index in [0.717, 1.165) is 11.0 Å². The van der Waals surface area contributed by atoms with Crippen LogP contribution in [0.4, 0.5) is 5.69 Å². The number of anilines is 1. The molecule has 2 aromatic carbocycles. The zero-order valence-electron chi connectivity index (χ0n) is 14.2. The average Bonchev–Trinajstić information content (AvgIpc) is 3.05. The number of carbonyl (C=O) groups is 2. The Bertz CT molecular complexity index is 969. The highest BCUT2D eigenvalue weighted by Gasteiger charge is 2.30. The van der Waals surface area contributed by atoms with Gasteiger partial charge in [-0.05, 0) is 29.8 Å². The molecule has 140 valence electrons. The van der Waals surface area contributed by atoms with Crippen LogP contribution in [0, 0.1) is 0 Å². The zero-order chi connectivity index (χ0) is 19.3. The summed E-state index contributed by atoms with van der Waals surface area (Å²) in [4.78, 5) is 23.5. The molecule has 0 spiro atoms. The van der Waals surface area contributed by atoms with Gasteiger partial charge in [-0.1, -0.05) is 36.4 Å². The van der Waals surface area contributed by atoms with E-state index >= 15 is 0 Å². The second-order valence-electron chi connectivity index (χ2n) is 5.79. The highest BCUT2D eigenvalue weighted by Crippen LogP contribution is 2.17. The molecule has 1 aliphatic rings. The Morgan fingerprint density at radius 3 is 2.63 bits per heavy atom. The fourth-order valence-corrected chi connectivity index (χ4v) is 3.28. The standard InChI is InChI=1S/C19H17NO6S/c21-18(26-17-9-11-25-19(17)22)15-7-4-8-16(13-15)20-27(23,24)12-10-14-5-2-1-3-6-14/h1-8,10,12-13,17,20H,9,11H2/b12-10+. The number of benzene rings is 2. The largest absolute Gasteiger partial charge is 0.463 e. The lowest BCUT2D eigenvalue weighted by molar-refractivity contribution is -0.145. The van der Waals surface area contributed by atoms with E-state index in [1.165, 1.54) is 30.3 Å². The van der Waals surface area contributed by atoms with E-state index < -0.39 is 28.1 Å². The third-order valence-corrected chi connectivity index (χ3v) is 4.75. The summed E-state index contributed by atoms with van der Waals surface area (Å²) in [7, 11) is -3.76. The number of hydrogen-bond acceptors (Lipinski definition) is 6. The molecule has 2 aromatic rings. The van der Waals surface area contributed by atoms with Crippen molar-refractivity contribution in [2.24, 2.45) is 0 Å². The van der Waals surface area contributed by atoms with Crippen LogP contribution in [0.2, 0.25) is 0 Å². The Labute approximate surface area is 156 Å². The van der Waals surface area contributed by atoms with E-state index in [9.17, 15) is 18.0 Å². The molecule has 0 radical (unpaired) electrons. The normalized spacial score (nSPS) is 16.9. The monoisotopic (exact) mass is 387 g/mol. The summed E-state index contributed by atoms with van der Waals surface area (Å²) in [5.41, 5.74) is 1.07. The maximum absolute atomic E-state index is 12.2. The van der Waals surface area contributed by atoms with Crippen molar-refractivity contribution in [3.8, 4) is 0 Å². The number of rotatable bonds is 6. The topological polar surface area (TPSA) is 98.8 Å². The van der Waals surface area contributed by atoms with Gasteiger partial charge in [0.1, 0.15) is 0 Å². The molecule has 1 saturated heterocycles. The lowest BCUT2D eigenvalue weighted by Gasteiger charge is -2.10. The first kappa shape index (κ1) is 18.7. The first-order valence-electron chi connectivity index (χ1n) is 8.17. The van der Waals surface area contributed by atoms with Crippen LogP contribution in [0.3, 0.4) is 0 Å². The summed E-state index contributed by atoms with van der Waals surface area (Å²) in [6, 6.07) is 14.8. The smallest absolute Gasteiger partial charge is 0.347 e. The predicted molar refractivity (Wildman–Crippen MR) is 99.2 cm³/mol. The molecule has 1 aliphatic heterocycles. The van der Waals surface area contributed by atoms with Crippen molar-refractivity contribution in [1.29, 1.82) is 0 Å². The second kappa shape index (κ2) is 8.05. The molecule has 0 bridgehead atoms. The summed E-state index contributed by atoms with van der Waals surface area (Å²) < 4.78 is 36.6. The summed E-state index contributed by atoms with van der Waals surface area (Å²) >= 11 is 0. The summed E-state index contributed by atoms with van der Waals surface area (Å²) in [6.45, 7) is 0.213. The van der Waals surface area contributed by atoms with Crippen LogP contribution < -0.4 is 4.72 Å². The first-order chi connectivity index (χ1) is 12.9. The third kappa shape index (κ3) is 5.18. The van der Waals surface area contributed by atoms with Crippen molar-refractivity contribution in [1.82, 2.24) is 0 Å². The van der Waals surface area contributed by atoms with Crippen LogP contribution in [0.25, 0.3) is 6.08 Å². The van der Waals surface area contributed by atoms with Gasteiger partial charge in [-0.2, -0.15) is 0 Å². The Morgan fingerprint density at radius 2 is 1.93 bits per heavy atom. The molecule has 3 rings (SSSR count). The number of esters is 2. The minimum Gasteiger partial charge on any atom is -0.463 e. The van der Waals surface area contributed by atoms with E-state index in [1.54, 1.807) is 24.3 Å². The summed E-state index contributed by atoms with van der Waals surface area (Å²) in [5, 5.41) is 1.04. The fourth-order valence-electron chi connectivity index (χ4n) is 2.42. The molecule has 0 amide bonds. The van der Waals surface area contributed by atoms with E-state index in [1.807, 2.05) is 6.07 Å². The minimum atomic E-state index is -3.76. The van der Waals surface area contributed by atoms with Gasteiger partial charge in [-0.15, -0.1) is 0 Å². The number of ether oxygens (including phenoxy) is 2. The average molecular weight is 387 g/mol. The lowest BCUT2D eigenvalue weighted by Crippen LogP contribution is -2.22. The fraction of sp³-hybridized carbons (Fsp3) is 0.158. The van der Waals surface area contributed by atoms with Gasteiger partial charge in [-0.3, -0.25) is 4.72 Å². The van der Waals surface area contributed by atoms with Gasteiger partial charge in [-0.25, -0.2) is 18.0 Å². The van der Waals surface area contributed by atoms with Gasteiger partial charge in [0.15, 0.2) is 0 Å². The van der Waals surface area contributed by atoms with Gasteiger partial charge < -0.3 is 9.47 Å². The summed E-state index contributed by atoms with van der Waals surface area (Å²) in [6.07, 6.45) is 0.847. The van der Waals surface area contributed by atoms with Crippen LogP contribution in [-0.2, 0) is 24.3 Å². The van der Waals surface area contributed by atoms with Crippen molar-refractivity contribution in [3.63, 3.8) is 0 Å². The molecule has 1 heterocycles. The SMILES string of the molecule is O=C(OC1CCOC1=O)c1cccc(NS(=O)(=O)/C=C/c2ccccc2)c1. The molecule has 8 heteroatoms. The Balaban J connectivity index is 1.68. The van der Waals surface area contributed by atoms with Gasteiger partial charge in [0.05, 0.1) is 17.6 Å². The molecule has 7 nitrogen and oxygen atoms in total. The number of sulfonamides is 1. The van der Waals surface area contributed by atoms with Crippen molar-refractivity contribution in [3.05, 3.63) is 71.1 Å². The van der Waals surface area contributed by atoms with Crippen LogP contribution in [-0.4, -0.2) is 33.1 Å². The molecular formula is C19H17NO6S. The maximum atomic E-state index is 12.2. The van der Waals surface area contributed by atoms with Crippen LogP contribution >= 0.6 is 0 Å². The second-order valence-corrected chi connectivity index (χ2v) is 7.36. The van der Waals surface area contributed by atoms with E-state index in [4.69, 9.17) is 9.47 Å². The number of hydrogen-bond donors (Lipinski definition) is 1. The number of cyclic esters (lactones) is 1. The molecule has 0 aromatic heterocycles.